The van der Waals surface area contributed by atoms with Crippen LogP contribution in [0.4, 0.5) is 0 Å². The molecule has 0 fully saturated rings. The van der Waals surface area contributed by atoms with Gasteiger partial charge < -0.3 is 15.3 Å². The van der Waals surface area contributed by atoms with Crippen LogP contribution >= 0.6 is 0 Å². The monoisotopic (exact) mass is 256 g/mol. The summed E-state index contributed by atoms with van der Waals surface area (Å²) in [6, 6.07) is 0. The van der Waals surface area contributed by atoms with Crippen molar-refractivity contribution in [2.75, 3.05) is 20.1 Å². The lowest BCUT2D eigenvalue weighted by atomic mass is 10.1. The Hall–Kier alpha value is -1.85. The summed E-state index contributed by atoms with van der Waals surface area (Å²) in [7, 11) is 1.46. The number of carbonyl (C=O) groups excluding carboxylic acids is 2. The van der Waals surface area contributed by atoms with Crippen molar-refractivity contribution in [1.29, 1.82) is 0 Å². The SMILES string of the molecule is CCCNC(=O)CN(C)C(=O)/C(C)=C(/C)C(=O)O. The molecular weight excluding hydrogens is 236 g/mol. The highest BCUT2D eigenvalue weighted by molar-refractivity contribution is 6.02. The second-order valence-corrected chi connectivity index (χ2v) is 4.07. The summed E-state index contributed by atoms with van der Waals surface area (Å²) in [5, 5.41) is 11.4. The fourth-order valence-corrected chi connectivity index (χ4v) is 1.21. The smallest absolute Gasteiger partial charge is 0.331 e. The number of rotatable bonds is 6. The molecule has 102 valence electrons. The minimum Gasteiger partial charge on any atom is -0.478 e. The van der Waals surface area contributed by atoms with E-state index in [1.165, 1.54) is 25.8 Å². The lowest BCUT2D eigenvalue weighted by Crippen LogP contribution is -2.39. The topological polar surface area (TPSA) is 86.7 Å². The van der Waals surface area contributed by atoms with E-state index in [9.17, 15) is 14.4 Å². The molecule has 2 amide bonds. The summed E-state index contributed by atoms with van der Waals surface area (Å²) in [5.74, 6) is -1.85. The van der Waals surface area contributed by atoms with E-state index >= 15 is 0 Å². The van der Waals surface area contributed by atoms with Crippen molar-refractivity contribution in [2.24, 2.45) is 0 Å². The number of nitrogens with zero attached hydrogens (tertiary/aromatic N) is 1. The van der Waals surface area contributed by atoms with E-state index in [2.05, 4.69) is 5.32 Å². The van der Waals surface area contributed by atoms with Crippen LogP contribution in [-0.4, -0.2) is 47.9 Å². The first-order valence-corrected chi connectivity index (χ1v) is 5.74. The first-order valence-electron chi connectivity index (χ1n) is 5.74. The first-order chi connectivity index (χ1) is 8.31. The molecule has 0 saturated carbocycles. The highest BCUT2D eigenvalue weighted by Gasteiger charge is 2.18. The predicted octanol–water partition coefficient (Wildman–Crippen LogP) is 0.392. The molecular formula is C12H20N2O4. The molecule has 2 N–H and O–H groups in total. The van der Waals surface area contributed by atoms with Crippen LogP contribution in [0.3, 0.4) is 0 Å². The normalized spacial score (nSPS) is 11.6. The number of amides is 2. The molecule has 0 aliphatic heterocycles. The first kappa shape index (κ1) is 16.1. The van der Waals surface area contributed by atoms with Crippen LogP contribution < -0.4 is 5.32 Å². The number of carboxylic acid groups (broad SMARTS) is 1. The zero-order valence-corrected chi connectivity index (χ0v) is 11.2. The van der Waals surface area contributed by atoms with Gasteiger partial charge in [0, 0.05) is 24.7 Å². The molecule has 0 heterocycles. The molecule has 0 aromatic heterocycles. The maximum atomic E-state index is 11.8. The fourth-order valence-electron chi connectivity index (χ4n) is 1.21. The maximum Gasteiger partial charge on any atom is 0.331 e. The Kier molecular flexibility index (Phi) is 6.70. The highest BCUT2D eigenvalue weighted by atomic mass is 16.4. The average molecular weight is 256 g/mol. The largest absolute Gasteiger partial charge is 0.478 e. The third-order valence-corrected chi connectivity index (χ3v) is 2.50. The van der Waals surface area contributed by atoms with Gasteiger partial charge in [0.25, 0.3) is 0 Å². The molecule has 0 atom stereocenters. The van der Waals surface area contributed by atoms with Gasteiger partial charge in [-0.3, -0.25) is 9.59 Å². The van der Waals surface area contributed by atoms with E-state index in [0.29, 0.717) is 6.54 Å². The Labute approximate surface area is 107 Å². The molecule has 18 heavy (non-hydrogen) atoms. The Morgan fingerprint density at radius 2 is 1.72 bits per heavy atom. The zero-order chi connectivity index (χ0) is 14.3. The minimum absolute atomic E-state index is 0.0131. The van der Waals surface area contributed by atoms with Gasteiger partial charge in [0.15, 0.2) is 0 Å². The van der Waals surface area contributed by atoms with E-state index in [4.69, 9.17) is 5.11 Å². The zero-order valence-electron chi connectivity index (χ0n) is 11.2. The lowest BCUT2D eigenvalue weighted by Gasteiger charge is -2.17. The van der Waals surface area contributed by atoms with Crippen LogP contribution in [0.2, 0.25) is 0 Å². The van der Waals surface area contributed by atoms with Gasteiger partial charge in [0.2, 0.25) is 11.8 Å². The lowest BCUT2D eigenvalue weighted by molar-refractivity contribution is -0.134. The van der Waals surface area contributed by atoms with Gasteiger partial charge in [-0.15, -0.1) is 0 Å². The summed E-state index contributed by atoms with van der Waals surface area (Å²) in [6.45, 7) is 5.21. The standard InChI is InChI=1S/C12H20N2O4/c1-5-6-13-10(15)7-14(4)11(16)8(2)9(3)12(17)18/h5-7H2,1-4H3,(H,13,15)(H,17,18)/b9-8-. The molecule has 0 rings (SSSR count). The van der Waals surface area contributed by atoms with E-state index < -0.39 is 11.9 Å². The van der Waals surface area contributed by atoms with Gasteiger partial charge in [0.05, 0.1) is 6.54 Å². The van der Waals surface area contributed by atoms with Crippen LogP contribution in [0.1, 0.15) is 27.2 Å². The summed E-state index contributed by atoms with van der Waals surface area (Å²) in [5.41, 5.74) is 0.120. The van der Waals surface area contributed by atoms with E-state index in [1.54, 1.807) is 0 Å². The van der Waals surface area contributed by atoms with Crippen LogP contribution in [-0.2, 0) is 14.4 Å². The van der Waals surface area contributed by atoms with Crippen LogP contribution in [0.5, 0.6) is 0 Å². The van der Waals surface area contributed by atoms with Crippen LogP contribution in [0.25, 0.3) is 0 Å². The highest BCUT2D eigenvalue weighted by Crippen LogP contribution is 2.06. The van der Waals surface area contributed by atoms with E-state index in [0.717, 1.165) is 6.42 Å². The molecule has 0 radical (unpaired) electrons. The Balaban J connectivity index is 4.57. The van der Waals surface area contributed by atoms with E-state index in [-0.39, 0.29) is 23.6 Å². The van der Waals surface area contributed by atoms with Crippen molar-refractivity contribution in [1.82, 2.24) is 10.2 Å². The molecule has 6 nitrogen and oxygen atoms in total. The summed E-state index contributed by atoms with van der Waals surface area (Å²) in [6.07, 6.45) is 0.820. The third-order valence-electron chi connectivity index (χ3n) is 2.50. The van der Waals surface area contributed by atoms with Crippen molar-refractivity contribution in [2.45, 2.75) is 27.2 Å². The second-order valence-electron chi connectivity index (χ2n) is 4.07. The molecule has 0 aromatic carbocycles. The Morgan fingerprint density at radius 3 is 2.17 bits per heavy atom. The molecule has 0 bridgehead atoms. The van der Waals surface area contributed by atoms with Crippen LogP contribution in [0.15, 0.2) is 11.1 Å². The maximum absolute atomic E-state index is 11.8. The van der Waals surface area contributed by atoms with Gasteiger partial charge in [-0.25, -0.2) is 4.79 Å². The number of carbonyl (C=O) groups is 3. The molecule has 0 aliphatic rings. The Bertz CT molecular complexity index is 374. The number of likely N-dealkylation sites (N-methyl/N-ethyl adjacent to an activating group) is 1. The summed E-state index contributed by atoms with van der Waals surface area (Å²) in [4.78, 5) is 35.2. The van der Waals surface area contributed by atoms with Crippen molar-refractivity contribution in [3.8, 4) is 0 Å². The summed E-state index contributed by atoms with van der Waals surface area (Å²) >= 11 is 0. The average Bonchev–Trinajstić information content (AvgIpc) is 2.33. The predicted molar refractivity (Wildman–Crippen MR) is 66.9 cm³/mol. The van der Waals surface area contributed by atoms with Gasteiger partial charge in [-0.1, -0.05) is 6.92 Å². The second kappa shape index (κ2) is 7.47. The van der Waals surface area contributed by atoms with Crippen LogP contribution in [0, 0.1) is 0 Å². The number of hydrogen-bond donors (Lipinski definition) is 2. The van der Waals surface area contributed by atoms with Crippen molar-refractivity contribution in [3.63, 3.8) is 0 Å². The quantitative estimate of drug-likeness (QED) is 0.673. The van der Waals surface area contributed by atoms with Crippen molar-refractivity contribution in [3.05, 3.63) is 11.1 Å². The number of carboxylic acids is 1. The Morgan fingerprint density at radius 1 is 1.17 bits per heavy atom. The van der Waals surface area contributed by atoms with Gasteiger partial charge >= 0.3 is 5.97 Å². The number of aliphatic carboxylic acids is 1. The third kappa shape index (κ3) is 4.99. The molecule has 6 heteroatoms. The molecule has 0 saturated heterocycles. The van der Waals surface area contributed by atoms with Crippen molar-refractivity contribution < 1.29 is 19.5 Å². The minimum atomic E-state index is -1.13. The molecule has 0 unspecified atom stereocenters. The molecule has 0 aromatic rings. The molecule has 0 aliphatic carbocycles. The van der Waals surface area contributed by atoms with Gasteiger partial charge in [-0.2, -0.15) is 0 Å². The van der Waals surface area contributed by atoms with Crippen molar-refractivity contribution >= 4 is 17.8 Å². The number of hydrogen-bond acceptors (Lipinski definition) is 3. The van der Waals surface area contributed by atoms with E-state index in [1.807, 2.05) is 6.92 Å². The number of nitrogens with one attached hydrogen (secondary N) is 1. The van der Waals surface area contributed by atoms with Gasteiger partial charge in [0.1, 0.15) is 0 Å². The molecule has 0 spiro atoms. The van der Waals surface area contributed by atoms with Gasteiger partial charge in [-0.05, 0) is 20.3 Å². The fraction of sp³-hybridized carbons (Fsp3) is 0.583. The summed E-state index contributed by atoms with van der Waals surface area (Å²) < 4.78 is 0.